The van der Waals surface area contributed by atoms with Crippen molar-refractivity contribution in [3.63, 3.8) is 0 Å². The minimum absolute atomic E-state index is 0.562. The number of thiophene rings is 1. The number of nitrogens with two attached hydrogens (primary N) is 1. The highest BCUT2D eigenvalue weighted by atomic mass is 79.9. The number of rotatable bonds is 5. The molecule has 0 aromatic carbocycles. The predicted molar refractivity (Wildman–Crippen MR) is 73.7 cm³/mol. The first kappa shape index (κ1) is 12.6. The Bertz CT molecular complexity index is 336. The van der Waals surface area contributed by atoms with Gasteiger partial charge in [-0.25, -0.2) is 0 Å². The average molecular weight is 303 g/mol. The van der Waals surface area contributed by atoms with Crippen LogP contribution < -0.4 is 5.73 Å². The molecule has 0 amide bonds. The van der Waals surface area contributed by atoms with Gasteiger partial charge in [-0.15, -0.1) is 11.3 Å². The Hall–Kier alpha value is 0.1000. The van der Waals surface area contributed by atoms with Gasteiger partial charge in [-0.2, -0.15) is 0 Å². The van der Waals surface area contributed by atoms with Gasteiger partial charge in [0.1, 0.15) is 0 Å². The molecule has 2 rings (SSSR count). The van der Waals surface area contributed by atoms with E-state index in [1.807, 2.05) is 0 Å². The Balaban J connectivity index is 1.92. The van der Waals surface area contributed by atoms with Crippen molar-refractivity contribution in [3.8, 4) is 0 Å². The maximum atomic E-state index is 5.89. The van der Waals surface area contributed by atoms with E-state index in [9.17, 15) is 0 Å². The fraction of sp³-hybridized carbons (Fsp3) is 0.667. The zero-order chi connectivity index (χ0) is 11.5. The van der Waals surface area contributed by atoms with Crippen molar-refractivity contribution in [2.45, 2.75) is 31.8 Å². The van der Waals surface area contributed by atoms with Crippen molar-refractivity contribution in [3.05, 3.63) is 20.8 Å². The number of halogens is 1. The van der Waals surface area contributed by atoms with Gasteiger partial charge in [0.2, 0.25) is 0 Å². The van der Waals surface area contributed by atoms with Crippen molar-refractivity contribution in [1.29, 1.82) is 0 Å². The zero-order valence-corrected chi connectivity index (χ0v) is 12.1. The summed E-state index contributed by atoms with van der Waals surface area (Å²) in [6.07, 6.45) is 4.11. The van der Waals surface area contributed by atoms with Gasteiger partial charge in [-0.1, -0.05) is 6.42 Å². The van der Waals surface area contributed by atoms with Crippen LogP contribution in [-0.4, -0.2) is 24.5 Å². The molecule has 1 saturated carbocycles. The third kappa shape index (κ3) is 2.86. The number of nitrogens with zero attached hydrogens (tertiary/aromatic N) is 1. The molecule has 90 valence electrons. The summed E-state index contributed by atoms with van der Waals surface area (Å²) in [6.45, 7) is 1.80. The quantitative estimate of drug-likeness (QED) is 0.906. The lowest BCUT2D eigenvalue weighted by Gasteiger charge is -2.38. The standard InChI is InChI=1S/C12H19BrN2S/c1-15(7-9-5-12(13)16-8-9)11(6-14)10-3-2-4-10/h5,8,10-11H,2-4,6-7,14H2,1H3. The van der Waals surface area contributed by atoms with Crippen molar-refractivity contribution in [2.75, 3.05) is 13.6 Å². The van der Waals surface area contributed by atoms with Gasteiger partial charge < -0.3 is 5.73 Å². The third-order valence-electron chi connectivity index (χ3n) is 3.56. The Morgan fingerprint density at radius 3 is 2.81 bits per heavy atom. The van der Waals surface area contributed by atoms with E-state index < -0.39 is 0 Å². The van der Waals surface area contributed by atoms with Crippen LogP contribution in [0.25, 0.3) is 0 Å². The van der Waals surface area contributed by atoms with Gasteiger partial charge >= 0.3 is 0 Å². The van der Waals surface area contributed by atoms with Crippen molar-refractivity contribution >= 4 is 27.3 Å². The van der Waals surface area contributed by atoms with Gasteiger partial charge in [0, 0.05) is 19.1 Å². The molecular formula is C12H19BrN2S. The van der Waals surface area contributed by atoms with E-state index in [1.54, 1.807) is 11.3 Å². The highest BCUT2D eigenvalue weighted by Crippen LogP contribution is 2.32. The van der Waals surface area contributed by atoms with Crippen LogP contribution in [0, 0.1) is 5.92 Å². The SMILES string of the molecule is CN(Cc1csc(Br)c1)C(CN)C1CCC1. The molecule has 0 saturated heterocycles. The molecule has 1 atom stereocenters. The highest BCUT2D eigenvalue weighted by molar-refractivity contribution is 9.11. The molecule has 0 spiro atoms. The monoisotopic (exact) mass is 302 g/mol. The minimum Gasteiger partial charge on any atom is -0.329 e. The minimum atomic E-state index is 0.562. The van der Waals surface area contributed by atoms with E-state index in [4.69, 9.17) is 5.73 Å². The molecule has 0 aliphatic heterocycles. The summed E-state index contributed by atoms with van der Waals surface area (Å²) in [7, 11) is 2.20. The molecule has 0 bridgehead atoms. The van der Waals surface area contributed by atoms with Crippen LogP contribution in [0.5, 0.6) is 0 Å². The van der Waals surface area contributed by atoms with Crippen LogP contribution in [0.1, 0.15) is 24.8 Å². The van der Waals surface area contributed by atoms with Gasteiger partial charge in [0.05, 0.1) is 3.79 Å². The fourth-order valence-electron chi connectivity index (χ4n) is 2.39. The average Bonchev–Trinajstić information content (AvgIpc) is 2.56. The second kappa shape index (κ2) is 5.63. The van der Waals surface area contributed by atoms with E-state index in [2.05, 4.69) is 39.3 Å². The maximum absolute atomic E-state index is 5.89. The largest absolute Gasteiger partial charge is 0.329 e. The molecule has 1 aromatic rings. The summed E-state index contributed by atoms with van der Waals surface area (Å²) >= 11 is 5.26. The van der Waals surface area contributed by atoms with Gasteiger partial charge in [-0.05, 0) is 58.7 Å². The molecule has 1 aliphatic rings. The molecule has 1 heterocycles. The van der Waals surface area contributed by atoms with Crippen molar-refractivity contribution < 1.29 is 0 Å². The summed E-state index contributed by atoms with van der Waals surface area (Å²) in [6, 6.07) is 2.77. The van der Waals surface area contributed by atoms with Crippen LogP contribution in [0.2, 0.25) is 0 Å². The van der Waals surface area contributed by atoms with Crippen LogP contribution in [0.15, 0.2) is 15.2 Å². The van der Waals surface area contributed by atoms with Gasteiger partial charge in [0.25, 0.3) is 0 Å². The van der Waals surface area contributed by atoms with Crippen molar-refractivity contribution in [1.82, 2.24) is 4.90 Å². The Morgan fingerprint density at radius 2 is 2.38 bits per heavy atom. The second-order valence-electron chi connectivity index (χ2n) is 4.67. The maximum Gasteiger partial charge on any atom is 0.0701 e. The lowest BCUT2D eigenvalue weighted by Crippen LogP contribution is -2.45. The van der Waals surface area contributed by atoms with Crippen LogP contribution in [-0.2, 0) is 6.54 Å². The smallest absolute Gasteiger partial charge is 0.0701 e. The van der Waals surface area contributed by atoms with Crippen molar-refractivity contribution in [2.24, 2.45) is 11.7 Å². The molecule has 1 unspecified atom stereocenters. The number of likely N-dealkylation sites (N-methyl/N-ethyl adjacent to an activating group) is 1. The first-order valence-corrected chi connectivity index (χ1v) is 7.51. The summed E-state index contributed by atoms with van der Waals surface area (Å²) < 4.78 is 1.21. The Morgan fingerprint density at radius 1 is 1.62 bits per heavy atom. The molecule has 1 aliphatic carbocycles. The fourth-order valence-corrected chi connectivity index (χ4v) is 3.59. The summed E-state index contributed by atoms with van der Waals surface area (Å²) in [5.74, 6) is 0.831. The van der Waals surface area contributed by atoms with E-state index in [1.165, 1.54) is 28.6 Å². The molecule has 1 fully saturated rings. The van der Waals surface area contributed by atoms with E-state index in [-0.39, 0.29) is 0 Å². The Kier molecular flexibility index (Phi) is 4.41. The molecule has 2 nitrogen and oxygen atoms in total. The van der Waals surface area contributed by atoms with Crippen LogP contribution >= 0.6 is 27.3 Å². The lowest BCUT2D eigenvalue weighted by atomic mass is 9.79. The predicted octanol–water partition coefficient (Wildman–Crippen LogP) is 3.07. The van der Waals surface area contributed by atoms with Gasteiger partial charge in [-0.3, -0.25) is 4.90 Å². The summed E-state index contributed by atoms with van der Waals surface area (Å²) in [4.78, 5) is 2.42. The second-order valence-corrected chi connectivity index (χ2v) is 6.96. The van der Waals surface area contributed by atoms with Gasteiger partial charge in [0.15, 0.2) is 0 Å². The van der Waals surface area contributed by atoms with Crippen LogP contribution in [0.4, 0.5) is 0 Å². The number of hydrogen-bond acceptors (Lipinski definition) is 3. The highest BCUT2D eigenvalue weighted by Gasteiger charge is 2.28. The molecule has 4 heteroatoms. The molecule has 16 heavy (non-hydrogen) atoms. The molecule has 0 radical (unpaired) electrons. The van der Waals surface area contributed by atoms with Crippen LogP contribution in [0.3, 0.4) is 0 Å². The first-order valence-electron chi connectivity index (χ1n) is 5.84. The van der Waals surface area contributed by atoms with E-state index in [0.717, 1.165) is 19.0 Å². The Labute approximate surface area is 110 Å². The normalized spacial score (nSPS) is 18.8. The zero-order valence-electron chi connectivity index (χ0n) is 9.66. The molecule has 2 N–H and O–H groups in total. The lowest BCUT2D eigenvalue weighted by molar-refractivity contribution is 0.118. The van der Waals surface area contributed by atoms with E-state index in [0.29, 0.717) is 6.04 Å². The summed E-state index contributed by atoms with van der Waals surface area (Å²) in [5, 5.41) is 2.22. The summed E-state index contributed by atoms with van der Waals surface area (Å²) in [5.41, 5.74) is 7.28. The first-order chi connectivity index (χ1) is 7.70. The van der Waals surface area contributed by atoms with E-state index >= 15 is 0 Å². The molecule has 1 aromatic heterocycles. The topological polar surface area (TPSA) is 29.3 Å². The molecular weight excluding hydrogens is 284 g/mol. The third-order valence-corrected chi connectivity index (χ3v) is 5.11. The number of hydrogen-bond donors (Lipinski definition) is 1.